The molecule has 5 heterocycles. The molecule has 0 aliphatic heterocycles. The van der Waals surface area contributed by atoms with Gasteiger partial charge in [0, 0.05) is 72.9 Å². The molecule has 0 spiro atoms. The van der Waals surface area contributed by atoms with E-state index in [0.29, 0.717) is 109 Å². The Morgan fingerprint density at radius 1 is 0.703 bits per heavy atom. The Morgan fingerprint density at radius 3 is 1.66 bits per heavy atom. The van der Waals surface area contributed by atoms with Gasteiger partial charge >= 0.3 is 6.09 Å². The van der Waals surface area contributed by atoms with E-state index in [1.54, 1.807) is 67.3 Å². The molecule has 0 unspecified atom stereocenters. The lowest BCUT2D eigenvalue weighted by molar-refractivity contribution is 0.0942. The minimum atomic E-state index is -0.969. The van der Waals surface area contributed by atoms with Gasteiger partial charge in [0.15, 0.2) is 22.9 Å². The average molecular weight is 1040 g/mol. The molecule has 5 N–H and O–H groups in total. The average Bonchev–Trinajstić information content (AvgIpc) is 4.28. The summed E-state index contributed by atoms with van der Waals surface area (Å²) in [5, 5.41) is 22.7. The van der Waals surface area contributed by atoms with Gasteiger partial charge in [-0.1, -0.05) is 41.4 Å². The number of hydrogen-bond donors (Lipinski definition) is 5. The van der Waals surface area contributed by atoms with E-state index in [1.807, 2.05) is 47.8 Å². The molecular weight excluding hydrogens is 990 g/mol. The van der Waals surface area contributed by atoms with Crippen LogP contribution in [0.2, 0.25) is 10.0 Å². The number of carbonyl (C=O) groups excluding carboxylic acids is 2. The second kappa shape index (κ2) is 20.5. The Bertz CT molecular complexity index is 3630. The Morgan fingerprint density at radius 2 is 1.22 bits per heavy atom. The molecule has 20 heteroatoms. The van der Waals surface area contributed by atoms with E-state index in [0.717, 1.165) is 36.8 Å². The molecule has 4 aromatic carbocycles. The van der Waals surface area contributed by atoms with Gasteiger partial charge in [0.05, 0.1) is 67.0 Å². The number of halogens is 4. The van der Waals surface area contributed by atoms with E-state index in [-0.39, 0.29) is 29.7 Å². The third-order valence-electron chi connectivity index (χ3n) is 12.7. The van der Waals surface area contributed by atoms with E-state index < -0.39 is 17.4 Å². The first-order valence-electron chi connectivity index (χ1n) is 24.1. The number of fused-ring (bicyclic) bond motifs is 6. The number of anilines is 2. The summed E-state index contributed by atoms with van der Waals surface area (Å²) in [6.45, 7) is 6.86. The third-order valence-corrected chi connectivity index (χ3v) is 13.3. The number of carboxylic acid groups (broad SMARTS) is 1. The summed E-state index contributed by atoms with van der Waals surface area (Å²) in [7, 11) is 0. The highest BCUT2D eigenvalue weighted by molar-refractivity contribution is 6.34. The summed E-state index contributed by atoms with van der Waals surface area (Å²) in [6.07, 6.45) is 10.4. The van der Waals surface area contributed by atoms with Crippen LogP contribution in [0.25, 0.3) is 55.9 Å². The zero-order valence-electron chi connectivity index (χ0n) is 40.5. The van der Waals surface area contributed by atoms with Gasteiger partial charge in [-0.25, -0.2) is 33.5 Å². The second-order valence-electron chi connectivity index (χ2n) is 19.3. The molecule has 2 aliphatic carbocycles. The SMILES string of the molecule is CC(C)(C)N(CCCNc1nc2ccc(F)cc2n2c(-c3ccc(C(=O)NC4CC4)c(Cl)c3)cnc12)C(=O)O.O=C(NC1CC1)c1ccc(-c2cnc3c(NCc4cccnc4)nc4ccc(F)cc4n23)cc1Cl. The molecule has 378 valence electrons. The van der Waals surface area contributed by atoms with Gasteiger partial charge in [0.25, 0.3) is 11.8 Å². The van der Waals surface area contributed by atoms with Crippen molar-refractivity contribution in [3.63, 3.8) is 0 Å². The van der Waals surface area contributed by atoms with E-state index in [1.165, 1.54) is 29.2 Å². The number of hydrogen-bond acceptors (Lipinski definition) is 10. The molecule has 11 rings (SSSR count). The topological polar surface area (TPSA) is 196 Å². The molecule has 0 saturated heterocycles. The molecule has 2 fully saturated rings. The van der Waals surface area contributed by atoms with Crippen molar-refractivity contribution in [3.8, 4) is 22.5 Å². The molecule has 9 aromatic rings. The van der Waals surface area contributed by atoms with Crippen LogP contribution in [0.3, 0.4) is 0 Å². The van der Waals surface area contributed by atoms with E-state index in [4.69, 9.17) is 28.2 Å². The first-order chi connectivity index (χ1) is 35.6. The Hall–Kier alpha value is -7.96. The van der Waals surface area contributed by atoms with Gasteiger partial charge in [0.2, 0.25) is 0 Å². The summed E-state index contributed by atoms with van der Waals surface area (Å²) in [4.78, 5) is 60.8. The Balaban J connectivity index is 0.000000170. The first kappa shape index (κ1) is 49.6. The number of carbonyl (C=O) groups is 3. The van der Waals surface area contributed by atoms with Crippen LogP contribution < -0.4 is 21.3 Å². The smallest absolute Gasteiger partial charge is 0.407 e. The highest BCUT2D eigenvalue weighted by Gasteiger charge is 2.28. The molecule has 16 nitrogen and oxygen atoms in total. The molecule has 0 radical (unpaired) electrons. The maximum absolute atomic E-state index is 14.3. The lowest BCUT2D eigenvalue weighted by Crippen LogP contribution is -2.45. The predicted octanol–water partition coefficient (Wildman–Crippen LogP) is 11.1. The summed E-state index contributed by atoms with van der Waals surface area (Å²) in [5.74, 6) is -0.118. The number of nitrogens with one attached hydrogen (secondary N) is 4. The van der Waals surface area contributed by atoms with Gasteiger partial charge < -0.3 is 31.3 Å². The summed E-state index contributed by atoms with van der Waals surface area (Å²) < 4.78 is 32.2. The number of amides is 3. The normalized spacial score (nSPS) is 13.4. The van der Waals surface area contributed by atoms with Gasteiger partial charge in [-0.3, -0.25) is 23.4 Å². The molecular formula is C54H50Cl2F2N12O4. The predicted molar refractivity (Wildman–Crippen MR) is 282 cm³/mol. The van der Waals surface area contributed by atoms with Crippen LogP contribution in [-0.4, -0.2) is 92.3 Å². The van der Waals surface area contributed by atoms with Crippen LogP contribution in [0.5, 0.6) is 0 Å². The van der Waals surface area contributed by atoms with Crippen LogP contribution in [0.15, 0.2) is 110 Å². The maximum atomic E-state index is 14.3. The Labute approximate surface area is 433 Å². The molecule has 2 aliphatic rings. The van der Waals surface area contributed by atoms with E-state index in [9.17, 15) is 28.3 Å². The standard InChI is InChI=1S/C28H30ClFN6O3.C26H20ClFN6O/c1-28(2,3)35(27(38)39)12-4-11-31-24-25-32-15-23(36(25)22-14-17(30)6-10-21(22)34-24)16-5-9-19(20(29)13-16)26(37)33-18-7-8-18;27-20-10-16(3-7-19(20)26(35)32-18-5-6-18)23-14-31-25-24(30-13-15-2-1-9-29-12-15)33-21-8-4-17(28)11-22(21)34(23)25/h5-6,9-10,13-15,18H,4,7-8,11-12H2,1-3H3,(H,31,34)(H,33,37)(H,38,39);1-4,7-12,14,18H,5-6,13H2,(H,30,33)(H,32,35). The minimum absolute atomic E-state index is 0.180. The van der Waals surface area contributed by atoms with Gasteiger partial charge in [-0.05, 0) is 113 Å². The van der Waals surface area contributed by atoms with Crippen molar-refractivity contribution < 1.29 is 28.3 Å². The largest absolute Gasteiger partial charge is 0.465 e. The molecule has 2 saturated carbocycles. The fraction of sp³-hybridized carbons (Fsp3) is 0.259. The third kappa shape index (κ3) is 10.7. The zero-order chi connectivity index (χ0) is 51.8. The zero-order valence-corrected chi connectivity index (χ0v) is 42.0. The van der Waals surface area contributed by atoms with Gasteiger partial charge in [0.1, 0.15) is 11.6 Å². The van der Waals surface area contributed by atoms with Gasteiger partial charge in [-0.15, -0.1) is 0 Å². The van der Waals surface area contributed by atoms with E-state index in [2.05, 4.69) is 41.2 Å². The molecule has 5 aromatic heterocycles. The quantitative estimate of drug-likeness (QED) is 0.0650. The van der Waals surface area contributed by atoms with Crippen molar-refractivity contribution in [2.24, 2.45) is 0 Å². The van der Waals surface area contributed by atoms with Crippen LogP contribution in [-0.2, 0) is 6.54 Å². The number of pyridine rings is 1. The van der Waals surface area contributed by atoms with Crippen LogP contribution in [0.4, 0.5) is 25.2 Å². The monoisotopic (exact) mass is 1040 g/mol. The summed E-state index contributed by atoms with van der Waals surface area (Å²) in [5.41, 5.74) is 7.42. The fourth-order valence-electron chi connectivity index (χ4n) is 8.60. The second-order valence-corrected chi connectivity index (χ2v) is 20.1. The summed E-state index contributed by atoms with van der Waals surface area (Å²) in [6, 6.07) is 23.5. The maximum Gasteiger partial charge on any atom is 0.407 e. The number of aromatic nitrogens is 7. The molecule has 0 bridgehead atoms. The lowest BCUT2D eigenvalue weighted by Gasteiger charge is -2.33. The first-order valence-corrected chi connectivity index (χ1v) is 24.9. The van der Waals surface area contributed by atoms with Crippen molar-refractivity contribution in [1.29, 1.82) is 0 Å². The van der Waals surface area contributed by atoms with E-state index >= 15 is 0 Å². The fourth-order valence-corrected chi connectivity index (χ4v) is 9.13. The summed E-state index contributed by atoms with van der Waals surface area (Å²) >= 11 is 13.0. The number of imidazole rings is 2. The number of rotatable bonds is 14. The van der Waals surface area contributed by atoms with Gasteiger partial charge in [-0.2, -0.15) is 0 Å². The van der Waals surface area contributed by atoms with Crippen LogP contribution in [0, 0.1) is 11.6 Å². The number of nitrogens with zero attached hydrogens (tertiary/aromatic N) is 8. The van der Waals surface area contributed by atoms with Crippen molar-refractivity contribution in [2.45, 2.75) is 77.0 Å². The highest BCUT2D eigenvalue weighted by Crippen LogP contribution is 2.34. The molecule has 74 heavy (non-hydrogen) atoms. The van der Waals surface area contributed by atoms with Crippen molar-refractivity contribution in [3.05, 3.63) is 148 Å². The minimum Gasteiger partial charge on any atom is -0.465 e. The Kier molecular flexibility index (Phi) is 13.8. The van der Waals surface area contributed by atoms with Crippen molar-refractivity contribution in [1.82, 2.24) is 49.3 Å². The number of benzene rings is 4. The molecule has 3 amide bonds. The van der Waals surface area contributed by atoms with Crippen LogP contribution >= 0.6 is 23.2 Å². The van der Waals surface area contributed by atoms with Crippen molar-refractivity contribution in [2.75, 3.05) is 23.7 Å². The lowest BCUT2D eigenvalue weighted by atomic mass is 10.1. The van der Waals surface area contributed by atoms with Crippen LogP contribution in [0.1, 0.15) is 79.2 Å². The highest BCUT2D eigenvalue weighted by atomic mass is 35.5. The molecule has 0 atom stereocenters. The van der Waals surface area contributed by atoms with Crippen molar-refractivity contribution >= 4 is 86.1 Å².